The third-order valence-corrected chi connectivity index (χ3v) is 2.00. The maximum Gasteiger partial charge on any atom is 0.169 e. The van der Waals surface area contributed by atoms with Crippen molar-refractivity contribution in [3.05, 3.63) is 29.3 Å². The van der Waals surface area contributed by atoms with Crippen molar-refractivity contribution in [2.75, 3.05) is 11.9 Å². The molecule has 1 heterocycles. The van der Waals surface area contributed by atoms with E-state index in [4.69, 9.17) is 0 Å². The predicted molar refractivity (Wildman–Crippen MR) is 43.8 cm³/mol. The van der Waals surface area contributed by atoms with Crippen LogP contribution >= 0.6 is 0 Å². The van der Waals surface area contributed by atoms with Gasteiger partial charge in [-0.2, -0.15) is 0 Å². The normalized spacial score (nSPS) is 15.1. The van der Waals surface area contributed by atoms with Crippen LogP contribution < -0.4 is 5.32 Å². The van der Waals surface area contributed by atoms with E-state index in [-0.39, 0.29) is 23.5 Å². The van der Waals surface area contributed by atoms with E-state index >= 15 is 0 Å². The molecule has 68 valence electrons. The maximum absolute atomic E-state index is 13.1. The maximum atomic E-state index is 13.1. The Morgan fingerprint density at radius 2 is 2.08 bits per heavy atom. The summed E-state index contributed by atoms with van der Waals surface area (Å²) >= 11 is 0. The Labute approximate surface area is 73.6 Å². The van der Waals surface area contributed by atoms with Gasteiger partial charge in [0.25, 0.3) is 0 Å². The molecule has 0 atom stereocenters. The van der Waals surface area contributed by atoms with Crippen LogP contribution in [0, 0.1) is 11.6 Å². The van der Waals surface area contributed by atoms with E-state index in [1.807, 2.05) is 0 Å². The second-order valence-corrected chi connectivity index (χ2v) is 2.91. The molecular formula is C9H7F2NO. The largest absolute Gasteiger partial charge is 0.384 e. The van der Waals surface area contributed by atoms with Gasteiger partial charge in [0.05, 0.1) is 11.3 Å². The van der Waals surface area contributed by atoms with Crippen molar-refractivity contribution < 1.29 is 13.6 Å². The average Bonchev–Trinajstić information content (AvgIpc) is 2.02. The number of nitrogens with one attached hydrogen (secondary N) is 1. The lowest BCUT2D eigenvalue weighted by Crippen LogP contribution is -2.19. The number of Topliss-reactive ketones (excluding diaryl/α,β-unsaturated/α-hetero) is 1. The van der Waals surface area contributed by atoms with Gasteiger partial charge >= 0.3 is 0 Å². The molecule has 0 bridgehead atoms. The number of hydrogen-bond donors (Lipinski definition) is 1. The zero-order valence-corrected chi connectivity index (χ0v) is 6.73. The van der Waals surface area contributed by atoms with Gasteiger partial charge in [-0.1, -0.05) is 0 Å². The number of carbonyl (C=O) groups excluding carboxylic acids is 1. The molecule has 1 aliphatic rings. The second-order valence-electron chi connectivity index (χ2n) is 2.91. The van der Waals surface area contributed by atoms with E-state index in [0.29, 0.717) is 6.54 Å². The van der Waals surface area contributed by atoms with E-state index in [0.717, 1.165) is 12.1 Å². The summed E-state index contributed by atoms with van der Waals surface area (Å²) in [5.41, 5.74) is 0.237. The number of anilines is 1. The summed E-state index contributed by atoms with van der Waals surface area (Å²) in [6.45, 7) is 0.439. The van der Waals surface area contributed by atoms with Gasteiger partial charge < -0.3 is 5.32 Å². The number of hydrogen-bond acceptors (Lipinski definition) is 2. The van der Waals surface area contributed by atoms with Gasteiger partial charge in [0.1, 0.15) is 11.6 Å². The summed E-state index contributed by atoms with van der Waals surface area (Å²) in [6, 6.07) is 1.86. The van der Waals surface area contributed by atoms with Gasteiger partial charge in [-0.3, -0.25) is 4.79 Å². The fourth-order valence-corrected chi connectivity index (χ4v) is 1.43. The molecule has 1 aromatic carbocycles. The fourth-order valence-electron chi connectivity index (χ4n) is 1.43. The summed E-state index contributed by atoms with van der Waals surface area (Å²) in [7, 11) is 0. The number of halogens is 2. The first-order valence-corrected chi connectivity index (χ1v) is 3.94. The summed E-state index contributed by atoms with van der Waals surface area (Å²) in [5, 5.41) is 2.77. The topological polar surface area (TPSA) is 29.1 Å². The van der Waals surface area contributed by atoms with Crippen LogP contribution in [0.15, 0.2) is 12.1 Å². The Morgan fingerprint density at radius 3 is 2.85 bits per heavy atom. The zero-order chi connectivity index (χ0) is 9.42. The molecule has 0 saturated carbocycles. The molecule has 0 aromatic heterocycles. The standard InChI is InChI=1S/C9H7F2NO/c10-5-3-6(11)9-7(4-5)12-2-1-8(9)13/h3-4,12H,1-2H2. The summed E-state index contributed by atoms with van der Waals surface area (Å²) in [4.78, 5) is 11.2. The molecule has 4 heteroatoms. The van der Waals surface area contributed by atoms with Crippen LogP contribution in [0.4, 0.5) is 14.5 Å². The molecule has 0 spiro atoms. The molecule has 1 aromatic rings. The third kappa shape index (κ3) is 1.28. The Morgan fingerprint density at radius 1 is 1.31 bits per heavy atom. The van der Waals surface area contributed by atoms with Gasteiger partial charge in [-0.15, -0.1) is 0 Å². The zero-order valence-electron chi connectivity index (χ0n) is 6.73. The van der Waals surface area contributed by atoms with Crippen LogP contribution in [0.1, 0.15) is 16.8 Å². The molecule has 13 heavy (non-hydrogen) atoms. The molecule has 0 fully saturated rings. The number of benzene rings is 1. The summed E-state index contributed by atoms with van der Waals surface area (Å²) < 4.78 is 25.8. The van der Waals surface area contributed by atoms with Crippen molar-refractivity contribution in [2.24, 2.45) is 0 Å². The molecule has 2 nitrogen and oxygen atoms in total. The molecule has 0 amide bonds. The highest BCUT2D eigenvalue weighted by molar-refractivity contribution is 6.03. The van der Waals surface area contributed by atoms with Gasteiger partial charge in [0.2, 0.25) is 0 Å². The minimum absolute atomic E-state index is 0.0207. The third-order valence-electron chi connectivity index (χ3n) is 2.00. The van der Waals surface area contributed by atoms with Gasteiger partial charge in [-0.05, 0) is 6.07 Å². The van der Waals surface area contributed by atoms with E-state index in [1.54, 1.807) is 0 Å². The van der Waals surface area contributed by atoms with Gasteiger partial charge in [0, 0.05) is 19.0 Å². The van der Waals surface area contributed by atoms with E-state index in [9.17, 15) is 13.6 Å². The van der Waals surface area contributed by atoms with Crippen molar-refractivity contribution in [3.8, 4) is 0 Å². The van der Waals surface area contributed by atoms with Crippen molar-refractivity contribution in [1.82, 2.24) is 0 Å². The molecule has 1 aliphatic heterocycles. The summed E-state index contributed by atoms with van der Waals surface area (Å²) in [6.07, 6.45) is 0.259. The van der Waals surface area contributed by atoms with Crippen LogP contribution in [-0.2, 0) is 0 Å². The number of ketones is 1. The first-order valence-electron chi connectivity index (χ1n) is 3.94. The van der Waals surface area contributed by atoms with Gasteiger partial charge in [-0.25, -0.2) is 8.78 Å². The van der Waals surface area contributed by atoms with Crippen molar-refractivity contribution in [3.63, 3.8) is 0 Å². The number of carbonyl (C=O) groups is 1. The lowest BCUT2D eigenvalue weighted by atomic mass is 10.0. The Hall–Kier alpha value is -1.45. The fraction of sp³-hybridized carbons (Fsp3) is 0.222. The first-order chi connectivity index (χ1) is 6.18. The molecule has 1 N–H and O–H groups in total. The van der Waals surface area contributed by atoms with E-state index in [2.05, 4.69) is 5.32 Å². The minimum Gasteiger partial charge on any atom is -0.384 e. The predicted octanol–water partition coefficient (Wildman–Crippen LogP) is 1.96. The Bertz CT molecular complexity index is 376. The smallest absolute Gasteiger partial charge is 0.169 e. The minimum atomic E-state index is -0.785. The quantitative estimate of drug-likeness (QED) is 0.666. The monoisotopic (exact) mass is 183 g/mol. The SMILES string of the molecule is O=C1CCNc2cc(F)cc(F)c21. The first kappa shape index (κ1) is 8.16. The summed E-state index contributed by atoms with van der Waals surface area (Å²) in [5.74, 6) is -1.73. The highest BCUT2D eigenvalue weighted by Crippen LogP contribution is 2.25. The van der Waals surface area contributed by atoms with E-state index < -0.39 is 11.6 Å². The number of fused-ring (bicyclic) bond motifs is 1. The van der Waals surface area contributed by atoms with Crippen molar-refractivity contribution in [1.29, 1.82) is 0 Å². The molecular weight excluding hydrogens is 176 g/mol. The molecule has 2 rings (SSSR count). The molecule has 0 unspecified atom stereocenters. The molecule has 0 saturated heterocycles. The molecule has 0 aliphatic carbocycles. The Kier molecular flexibility index (Phi) is 1.76. The van der Waals surface area contributed by atoms with Crippen LogP contribution in [0.3, 0.4) is 0 Å². The second kappa shape index (κ2) is 2.80. The van der Waals surface area contributed by atoms with Crippen LogP contribution in [-0.4, -0.2) is 12.3 Å². The Balaban J connectivity index is 2.63. The highest BCUT2D eigenvalue weighted by atomic mass is 19.1. The van der Waals surface area contributed by atoms with Gasteiger partial charge in [0.15, 0.2) is 5.78 Å². The lowest BCUT2D eigenvalue weighted by molar-refractivity contribution is 0.0979. The van der Waals surface area contributed by atoms with Crippen LogP contribution in [0.2, 0.25) is 0 Å². The van der Waals surface area contributed by atoms with Crippen molar-refractivity contribution in [2.45, 2.75) is 6.42 Å². The van der Waals surface area contributed by atoms with Crippen LogP contribution in [0.5, 0.6) is 0 Å². The average molecular weight is 183 g/mol. The number of rotatable bonds is 0. The van der Waals surface area contributed by atoms with Crippen LogP contribution in [0.25, 0.3) is 0 Å². The molecule has 0 radical (unpaired) electrons. The van der Waals surface area contributed by atoms with E-state index in [1.165, 1.54) is 0 Å². The highest BCUT2D eigenvalue weighted by Gasteiger charge is 2.21. The van der Waals surface area contributed by atoms with Crippen molar-refractivity contribution >= 4 is 11.5 Å². The lowest BCUT2D eigenvalue weighted by Gasteiger charge is -2.16.